The number of nitrogens with one attached hydrogen (secondary N) is 2. The van der Waals surface area contributed by atoms with E-state index in [9.17, 15) is 9.18 Å². The van der Waals surface area contributed by atoms with E-state index in [-0.39, 0.29) is 11.4 Å². The lowest BCUT2D eigenvalue weighted by Gasteiger charge is -2.05. The van der Waals surface area contributed by atoms with Crippen LogP contribution in [0.25, 0.3) is 31.8 Å². The molecule has 0 aliphatic rings. The number of nitrogens with zero attached hydrogens (tertiary/aromatic N) is 2. The molecule has 0 saturated carbocycles. The van der Waals surface area contributed by atoms with Crippen LogP contribution in [0, 0.1) is 5.82 Å². The molecule has 0 radical (unpaired) electrons. The number of aromatic amines is 1. The SMILES string of the molecule is O=c1[nH]ccc2c3sc(NCc4cccnc4)nc3c3ccc(F)cc3c12. The van der Waals surface area contributed by atoms with E-state index < -0.39 is 0 Å². The predicted octanol–water partition coefficient (Wildman–Crippen LogP) is 4.44. The summed E-state index contributed by atoms with van der Waals surface area (Å²) in [6.07, 6.45) is 5.14. The van der Waals surface area contributed by atoms with E-state index in [1.807, 2.05) is 18.2 Å². The van der Waals surface area contributed by atoms with Crippen molar-refractivity contribution in [2.24, 2.45) is 0 Å². The summed E-state index contributed by atoms with van der Waals surface area (Å²) < 4.78 is 14.8. The van der Waals surface area contributed by atoms with Crippen LogP contribution in [-0.4, -0.2) is 15.0 Å². The lowest BCUT2D eigenvalue weighted by atomic mass is 10.0. The van der Waals surface area contributed by atoms with Crippen LogP contribution in [0.4, 0.5) is 9.52 Å². The summed E-state index contributed by atoms with van der Waals surface area (Å²) in [5, 5.41) is 6.66. The first-order valence-electron chi connectivity index (χ1n) is 8.36. The number of H-pyrrole nitrogens is 1. The maximum absolute atomic E-state index is 13.9. The minimum atomic E-state index is -0.378. The molecular formula is C20H13FN4OS. The molecule has 0 saturated heterocycles. The Balaban J connectivity index is 1.74. The largest absolute Gasteiger partial charge is 0.357 e. The number of halogens is 1. The normalized spacial score (nSPS) is 11.4. The number of fused-ring (bicyclic) bond motifs is 6. The van der Waals surface area contributed by atoms with E-state index in [0.717, 1.165) is 31.7 Å². The molecule has 0 unspecified atom stereocenters. The zero-order valence-corrected chi connectivity index (χ0v) is 14.8. The molecule has 2 aromatic carbocycles. The Labute approximate surface area is 156 Å². The standard InChI is InChI=1S/C20H13FN4OS/c21-12-3-4-13-15(8-12)16-14(5-7-23-19(16)26)18-17(13)25-20(27-18)24-10-11-2-1-6-22-9-11/h1-9H,10H2,(H,23,26)(H,24,25). The van der Waals surface area contributed by atoms with Crippen molar-refractivity contribution in [2.45, 2.75) is 6.54 Å². The highest BCUT2D eigenvalue weighted by atomic mass is 32.1. The quantitative estimate of drug-likeness (QED) is 0.457. The molecule has 3 aromatic heterocycles. The first-order valence-corrected chi connectivity index (χ1v) is 9.18. The highest BCUT2D eigenvalue weighted by Gasteiger charge is 2.16. The molecule has 5 nitrogen and oxygen atoms in total. The smallest absolute Gasteiger partial charge is 0.256 e. The fourth-order valence-electron chi connectivity index (χ4n) is 3.31. The molecule has 27 heavy (non-hydrogen) atoms. The fourth-order valence-corrected chi connectivity index (χ4v) is 4.31. The molecule has 0 spiro atoms. The summed E-state index contributed by atoms with van der Waals surface area (Å²) in [4.78, 5) is 24.0. The Bertz CT molecular complexity index is 1360. The summed E-state index contributed by atoms with van der Waals surface area (Å²) in [6, 6.07) is 10.2. The third kappa shape index (κ3) is 2.63. The van der Waals surface area contributed by atoms with Crippen LogP contribution in [0.1, 0.15) is 5.56 Å². The highest BCUT2D eigenvalue weighted by molar-refractivity contribution is 7.23. The minimum absolute atomic E-state index is 0.233. The second-order valence-corrected chi connectivity index (χ2v) is 7.20. The third-order valence-corrected chi connectivity index (χ3v) is 5.55. The van der Waals surface area contributed by atoms with E-state index in [1.54, 1.807) is 24.7 Å². The van der Waals surface area contributed by atoms with Gasteiger partial charge in [0.05, 0.1) is 15.6 Å². The molecule has 0 aliphatic heterocycles. The van der Waals surface area contributed by atoms with E-state index in [4.69, 9.17) is 4.98 Å². The van der Waals surface area contributed by atoms with Crippen LogP contribution in [-0.2, 0) is 6.54 Å². The number of aromatic nitrogens is 3. The summed E-state index contributed by atoms with van der Waals surface area (Å²) in [7, 11) is 0. The molecule has 0 bridgehead atoms. The Morgan fingerprint density at radius 3 is 2.93 bits per heavy atom. The summed E-state index contributed by atoms with van der Waals surface area (Å²) in [5.41, 5.74) is 1.58. The second-order valence-electron chi connectivity index (χ2n) is 6.20. The van der Waals surface area contributed by atoms with E-state index in [0.29, 0.717) is 17.3 Å². The molecule has 7 heteroatoms. The van der Waals surface area contributed by atoms with Crippen LogP contribution >= 0.6 is 11.3 Å². The van der Waals surface area contributed by atoms with Crippen molar-refractivity contribution >= 4 is 48.2 Å². The molecule has 5 aromatic rings. The molecule has 2 N–H and O–H groups in total. The van der Waals surface area contributed by atoms with Gasteiger partial charge in [-0.15, -0.1) is 0 Å². The van der Waals surface area contributed by atoms with Crippen LogP contribution in [0.5, 0.6) is 0 Å². The van der Waals surface area contributed by atoms with Gasteiger partial charge in [-0.25, -0.2) is 9.37 Å². The van der Waals surface area contributed by atoms with Gasteiger partial charge in [0.25, 0.3) is 5.56 Å². The van der Waals surface area contributed by atoms with Crippen LogP contribution in [0.15, 0.2) is 59.8 Å². The Kier molecular flexibility index (Phi) is 3.61. The monoisotopic (exact) mass is 376 g/mol. The van der Waals surface area contributed by atoms with Gasteiger partial charge in [0.1, 0.15) is 5.82 Å². The maximum Gasteiger partial charge on any atom is 0.256 e. The number of hydrogen-bond donors (Lipinski definition) is 2. The van der Waals surface area contributed by atoms with Crippen molar-refractivity contribution in [3.05, 3.63) is 76.7 Å². The van der Waals surface area contributed by atoms with E-state index in [2.05, 4.69) is 15.3 Å². The van der Waals surface area contributed by atoms with Crippen LogP contribution in [0.2, 0.25) is 0 Å². The average molecular weight is 376 g/mol. The van der Waals surface area contributed by atoms with Gasteiger partial charge in [-0.05, 0) is 35.9 Å². The molecular weight excluding hydrogens is 363 g/mol. The van der Waals surface area contributed by atoms with Gasteiger partial charge in [0.2, 0.25) is 0 Å². The van der Waals surface area contributed by atoms with Crippen molar-refractivity contribution in [3.63, 3.8) is 0 Å². The van der Waals surface area contributed by atoms with Gasteiger partial charge in [0, 0.05) is 41.3 Å². The van der Waals surface area contributed by atoms with E-state index in [1.165, 1.54) is 23.5 Å². The topological polar surface area (TPSA) is 70.7 Å². The lowest BCUT2D eigenvalue weighted by Crippen LogP contribution is -2.05. The summed E-state index contributed by atoms with van der Waals surface area (Å²) in [6.45, 7) is 0.596. The third-order valence-electron chi connectivity index (χ3n) is 4.51. The van der Waals surface area contributed by atoms with Gasteiger partial charge in [-0.1, -0.05) is 17.4 Å². The molecule has 132 valence electrons. The summed E-state index contributed by atoms with van der Waals surface area (Å²) in [5.74, 6) is -0.378. The Morgan fingerprint density at radius 2 is 2.07 bits per heavy atom. The predicted molar refractivity (Wildman–Crippen MR) is 107 cm³/mol. The van der Waals surface area contributed by atoms with Crippen molar-refractivity contribution in [2.75, 3.05) is 5.32 Å². The number of hydrogen-bond acceptors (Lipinski definition) is 5. The number of rotatable bonds is 3. The Morgan fingerprint density at radius 1 is 1.15 bits per heavy atom. The van der Waals surface area contributed by atoms with Gasteiger partial charge < -0.3 is 10.3 Å². The van der Waals surface area contributed by atoms with Crippen molar-refractivity contribution in [3.8, 4) is 0 Å². The number of benzene rings is 2. The average Bonchev–Trinajstić information content (AvgIpc) is 3.12. The van der Waals surface area contributed by atoms with Crippen molar-refractivity contribution < 1.29 is 4.39 Å². The first kappa shape index (κ1) is 15.9. The van der Waals surface area contributed by atoms with Gasteiger partial charge in [-0.2, -0.15) is 0 Å². The zero-order valence-electron chi connectivity index (χ0n) is 14.0. The van der Waals surface area contributed by atoms with E-state index >= 15 is 0 Å². The van der Waals surface area contributed by atoms with Gasteiger partial charge in [-0.3, -0.25) is 9.78 Å². The lowest BCUT2D eigenvalue weighted by molar-refractivity contribution is 0.630. The minimum Gasteiger partial charge on any atom is -0.357 e. The molecule has 5 rings (SSSR count). The van der Waals surface area contributed by atoms with Crippen molar-refractivity contribution in [1.82, 2.24) is 15.0 Å². The number of pyridine rings is 2. The maximum atomic E-state index is 13.9. The second kappa shape index (κ2) is 6.14. The van der Waals surface area contributed by atoms with Crippen LogP contribution < -0.4 is 10.9 Å². The fraction of sp³-hybridized carbons (Fsp3) is 0.0500. The van der Waals surface area contributed by atoms with Crippen molar-refractivity contribution in [1.29, 1.82) is 0 Å². The molecule has 0 amide bonds. The molecule has 0 atom stereocenters. The summed E-state index contributed by atoms with van der Waals surface area (Å²) >= 11 is 1.48. The number of anilines is 1. The molecule has 0 aliphatic carbocycles. The number of thiazole rings is 1. The van der Waals surface area contributed by atoms with Crippen LogP contribution in [0.3, 0.4) is 0 Å². The zero-order chi connectivity index (χ0) is 18.4. The molecule has 3 heterocycles. The van der Waals surface area contributed by atoms with Gasteiger partial charge >= 0.3 is 0 Å². The highest BCUT2D eigenvalue weighted by Crippen LogP contribution is 2.38. The van der Waals surface area contributed by atoms with Gasteiger partial charge in [0.15, 0.2) is 5.13 Å². The molecule has 0 fully saturated rings. The Hall–Kier alpha value is -3.32. The first-order chi connectivity index (χ1) is 13.2.